The molecule has 1 heterocycles. The number of nitrogens with one attached hydrogen (secondary N) is 1. The van der Waals surface area contributed by atoms with E-state index in [1.165, 1.54) is 25.3 Å². The molecule has 1 aromatic heterocycles. The minimum Gasteiger partial charge on any atom is -0.468 e. The Balaban J connectivity index is 2.55. The predicted molar refractivity (Wildman–Crippen MR) is 58.1 cm³/mol. The fourth-order valence-corrected chi connectivity index (χ4v) is 0.951. The van der Waals surface area contributed by atoms with Gasteiger partial charge >= 0.3 is 6.18 Å². The van der Waals surface area contributed by atoms with E-state index in [1.54, 1.807) is 0 Å². The van der Waals surface area contributed by atoms with Crippen molar-refractivity contribution in [2.24, 2.45) is 5.73 Å². The van der Waals surface area contributed by atoms with Crippen LogP contribution in [0.2, 0.25) is 0 Å². The molecule has 100 valence electrons. The first kappa shape index (κ1) is 14.2. The number of amides is 1. The number of carbonyl (C=O) groups is 1. The third kappa shape index (κ3) is 5.00. The summed E-state index contributed by atoms with van der Waals surface area (Å²) in [5.74, 6) is -0.591. The van der Waals surface area contributed by atoms with Gasteiger partial charge in [0.25, 0.3) is 0 Å². The van der Waals surface area contributed by atoms with Crippen molar-refractivity contribution in [3.63, 3.8) is 0 Å². The number of nitrogens with zero attached hydrogens (tertiary/aromatic N) is 1. The molecule has 0 saturated carbocycles. The van der Waals surface area contributed by atoms with Gasteiger partial charge in [-0.2, -0.15) is 13.2 Å². The minimum absolute atomic E-state index is 0.175. The first-order chi connectivity index (χ1) is 8.28. The van der Waals surface area contributed by atoms with Gasteiger partial charge in [-0.25, -0.2) is 4.98 Å². The van der Waals surface area contributed by atoms with Crippen LogP contribution in [0.5, 0.6) is 5.88 Å². The van der Waals surface area contributed by atoms with Gasteiger partial charge in [0.2, 0.25) is 11.8 Å². The molecule has 0 radical (unpaired) electrons. The van der Waals surface area contributed by atoms with Gasteiger partial charge in [0.05, 0.1) is 17.9 Å². The maximum Gasteiger partial charge on any atom is 0.422 e. The lowest BCUT2D eigenvalue weighted by molar-refractivity contribution is -0.154. The van der Waals surface area contributed by atoms with E-state index in [0.29, 0.717) is 5.69 Å². The number of rotatable bonds is 4. The normalized spacial score (nSPS) is 12.9. The fraction of sp³-hybridized carbons (Fsp3) is 0.400. The first-order valence-electron chi connectivity index (χ1n) is 5.00. The molecule has 0 aliphatic rings. The fourth-order valence-electron chi connectivity index (χ4n) is 0.951. The Bertz CT molecular complexity index is 404. The van der Waals surface area contributed by atoms with Crippen LogP contribution in [0.15, 0.2) is 18.3 Å². The molecule has 0 saturated heterocycles. The Morgan fingerprint density at radius 2 is 2.22 bits per heavy atom. The van der Waals surface area contributed by atoms with Crippen LogP contribution < -0.4 is 15.8 Å². The van der Waals surface area contributed by atoms with Crippen LogP contribution in [0.1, 0.15) is 6.92 Å². The van der Waals surface area contributed by atoms with Crippen molar-refractivity contribution in [2.75, 3.05) is 11.9 Å². The number of aromatic nitrogens is 1. The third-order valence-electron chi connectivity index (χ3n) is 1.80. The Kier molecular flexibility index (Phi) is 4.49. The summed E-state index contributed by atoms with van der Waals surface area (Å²) < 4.78 is 40.0. The van der Waals surface area contributed by atoms with E-state index in [4.69, 9.17) is 5.73 Å². The molecule has 0 aromatic carbocycles. The van der Waals surface area contributed by atoms with Crippen molar-refractivity contribution in [1.29, 1.82) is 0 Å². The second-order valence-electron chi connectivity index (χ2n) is 3.57. The number of nitrogens with two attached hydrogens (primary N) is 1. The van der Waals surface area contributed by atoms with Crippen LogP contribution in [0.25, 0.3) is 0 Å². The summed E-state index contributed by atoms with van der Waals surface area (Å²) in [4.78, 5) is 14.8. The second kappa shape index (κ2) is 5.67. The van der Waals surface area contributed by atoms with Gasteiger partial charge in [0, 0.05) is 6.07 Å². The van der Waals surface area contributed by atoms with Gasteiger partial charge in [-0.3, -0.25) is 4.79 Å². The van der Waals surface area contributed by atoms with Gasteiger partial charge in [0.1, 0.15) is 0 Å². The van der Waals surface area contributed by atoms with Crippen LogP contribution >= 0.6 is 0 Å². The highest BCUT2D eigenvalue weighted by Gasteiger charge is 2.28. The number of ether oxygens (including phenoxy) is 1. The maximum absolute atomic E-state index is 11.9. The smallest absolute Gasteiger partial charge is 0.422 e. The van der Waals surface area contributed by atoms with Crippen LogP contribution in [-0.4, -0.2) is 29.7 Å². The van der Waals surface area contributed by atoms with Gasteiger partial charge in [0.15, 0.2) is 6.61 Å². The molecule has 1 aromatic rings. The Morgan fingerprint density at radius 1 is 1.56 bits per heavy atom. The van der Waals surface area contributed by atoms with Gasteiger partial charge in [-0.05, 0) is 13.0 Å². The number of anilines is 1. The van der Waals surface area contributed by atoms with Crippen molar-refractivity contribution < 1.29 is 22.7 Å². The standard InChI is InChI=1S/C10H12F3N3O2/c1-6(14)9(17)16-7-2-3-8(15-4-7)18-5-10(11,12)13/h2-4,6H,5,14H2,1H3,(H,16,17). The minimum atomic E-state index is -4.41. The maximum atomic E-state index is 11.9. The summed E-state index contributed by atoms with van der Waals surface area (Å²) in [5, 5.41) is 2.44. The zero-order valence-corrected chi connectivity index (χ0v) is 9.49. The second-order valence-corrected chi connectivity index (χ2v) is 3.57. The molecule has 0 bridgehead atoms. The van der Waals surface area contributed by atoms with E-state index in [0.717, 1.165) is 0 Å². The Labute approximate surface area is 101 Å². The summed E-state index contributed by atoms with van der Waals surface area (Å²) in [6, 6.07) is 1.91. The summed E-state index contributed by atoms with van der Waals surface area (Å²) in [6.45, 7) is 0.0924. The molecule has 0 spiro atoms. The zero-order valence-electron chi connectivity index (χ0n) is 9.49. The van der Waals surface area contributed by atoms with Crippen molar-refractivity contribution in [1.82, 2.24) is 4.98 Å². The number of carbonyl (C=O) groups excluding carboxylic acids is 1. The summed E-state index contributed by atoms with van der Waals surface area (Å²) in [6.07, 6.45) is -3.23. The molecular weight excluding hydrogens is 251 g/mol. The van der Waals surface area contributed by atoms with E-state index >= 15 is 0 Å². The molecule has 3 N–H and O–H groups in total. The topological polar surface area (TPSA) is 77.2 Å². The molecule has 1 atom stereocenters. The largest absolute Gasteiger partial charge is 0.468 e. The Morgan fingerprint density at radius 3 is 2.67 bits per heavy atom. The highest BCUT2D eigenvalue weighted by molar-refractivity contribution is 5.94. The van der Waals surface area contributed by atoms with Gasteiger partial charge < -0.3 is 15.8 Å². The lowest BCUT2D eigenvalue weighted by Crippen LogP contribution is -2.32. The molecule has 1 unspecified atom stereocenters. The number of hydrogen-bond donors (Lipinski definition) is 2. The van der Waals surface area contributed by atoms with Crippen LogP contribution in [0.3, 0.4) is 0 Å². The third-order valence-corrected chi connectivity index (χ3v) is 1.80. The van der Waals surface area contributed by atoms with E-state index < -0.39 is 24.7 Å². The highest BCUT2D eigenvalue weighted by atomic mass is 19.4. The number of halogens is 3. The van der Waals surface area contributed by atoms with Gasteiger partial charge in [-0.15, -0.1) is 0 Å². The molecule has 8 heteroatoms. The molecule has 18 heavy (non-hydrogen) atoms. The van der Waals surface area contributed by atoms with E-state index in [9.17, 15) is 18.0 Å². The summed E-state index contributed by atoms with van der Waals surface area (Å²) in [7, 11) is 0. The van der Waals surface area contributed by atoms with Crippen molar-refractivity contribution in [3.05, 3.63) is 18.3 Å². The molecule has 1 amide bonds. The quantitative estimate of drug-likeness (QED) is 0.858. The lowest BCUT2D eigenvalue weighted by Gasteiger charge is -2.10. The molecule has 5 nitrogen and oxygen atoms in total. The predicted octanol–water partition coefficient (Wildman–Crippen LogP) is 1.31. The van der Waals surface area contributed by atoms with E-state index in [2.05, 4.69) is 15.0 Å². The Hall–Kier alpha value is -1.83. The highest BCUT2D eigenvalue weighted by Crippen LogP contribution is 2.17. The van der Waals surface area contributed by atoms with Crippen LogP contribution in [-0.2, 0) is 4.79 Å². The number of hydrogen-bond acceptors (Lipinski definition) is 4. The average molecular weight is 263 g/mol. The number of pyridine rings is 1. The summed E-state index contributed by atoms with van der Waals surface area (Å²) in [5.41, 5.74) is 5.66. The molecule has 0 aliphatic carbocycles. The van der Waals surface area contributed by atoms with E-state index in [1.807, 2.05) is 0 Å². The zero-order chi connectivity index (χ0) is 13.8. The molecule has 0 aliphatic heterocycles. The monoisotopic (exact) mass is 263 g/mol. The van der Waals surface area contributed by atoms with Crippen LogP contribution in [0, 0.1) is 0 Å². The number of alkyl halides is 3. The summed E-state index contributed by atoms with van der Waals surface area (Å²) >= 11 is 0. The van der Waals surface area contributed by atoms with Crippen molar-refractivity contribution in [2.45, 2.75) is 19.1 Å². The van der Waals surface area contributed by atoms with Crippen molar-refractivity contribution >= 4 is 11.6 Å². The molecular formula is C10H12F3N3O2. The van der Waals surface area contributed by atoms with Gasteiger partial charge in [-0.1, -0.05) is 0 Å². The first-order valence-corrected chi connectivity index (χ1v) is 5.00. The SMILES string of the molecule is CC(N)C(=O)Nc1ccc(OCC(F)(F)F)nc1. The molecule has 0 fully saturated rings. The van der Waals surface area contributed by atoms with E-state index in [-0.39, 0.29) is 5.88 Å². The van der Waals surface area contributed by atoms with Crippen LogP contribution in [0.4, 0.5) is 18.9 Å². The lowest BCUT2D eigenvalue weighted by atomic mass is 10.3. The van der Waals surface area contributed by atoms with Crippen molar-refractivity contribution in [3.8, 4) is 5.88 Å². The molecule has 1 rings (SSSR count). The average Bonchev–Trinajstić information content (AvgIpc) is 2.27.